The number of aromatic nitrogens is 2. The lowest BCUT2D eigenvalue weighted by atomic mass is 10.0. The third kappa shape index (κ3) is 3.73. The second kappa shape index (κ2) is 8.05. The van der Waals surface area contributed by atoms with Crippen LogP contribution >= 0.6 is 11.3 Å². The lowest BCUT2D eigenvalue weighted by Gasteiger charge is -2.07. The Bertz CT molecular complexity index is 1170. The molecule has 0 aliphatic rings. The normalized spacial score (nSPS) is 11.0. The molecule has 0 aliphatic carbocycles. The van der Waals surface area contributed by atoms with Gasteiger partial charge in [-0.15, -0.1) is 0 Å². The first kappa shape index (κ1) is 19.1. The minimum absolute atomic E-state index is 0.218. The van der Waals surface area contributed by atoms with Gasteiger partial charge in [0, 0.05) is 34.5 Å². The quantitative estimate of drug-likeness (QED) is 0.444. The fraction of sp³-hybridized carbons (Fsp3) is 0.182. The van der Waals surface area contributed by atoms with Gasteiger partial charge in [-0.3, -0.25) is 0 Å². The first-order valence-electron chi connectivity index (χ1n) is 9.14. The topological polar surface area (TPSA) is 64.2 Å². The number of esters is 1. The highest BCUT2D eigenvalue weighted by molar-refractivity contribution is 7.08. The second-order valence-corrected chi connectivity index (χ2v) is 7.21. The molecule has 0 atom stereocenters. The highest BCUT2D eigenvalue weighted by Gasteiger charge is 2.18. The molecule has 0 saturated heterocycles. The van der Waals surface area contributed by atoms with Crippen molar-refractivity contribution in [3.05, 3.63) is 69.9 Å². The van der Waals surface area contributed by atoms with Crippen molar-refractivity contribution in [2.75, 3.05) is 13.7 Å². The minimum Gasteiger partial charge on any atom is -0.491 e. The minimum atomic E-state index is -0.490. The summed E-state index contributed by atoms with van der Waals surface area (Å²) in [4.78, 5) is 19.6. The number of carbonyl (C=O) groups is 1. The summed E-state index contributed by atoms with van der Waals surface area (Å²) < 4.78 is 24.7. The zero-order chi connectivity index (χ0) is 20.4. The Labute approximate surface area is 171 Å². The van der Waals surface area contributed by atoms with Crippen molar-refractivity contribution in [1.82, 2.24) is 9.97 Å². The van der Waals surface area contributed by atoms with Crippen LogP contribution in [0.2, 0.25) is 0 Å². The molecule has 5 nitrogen and oxygen atoms in total. The first-order chi connectivity index (χ1) is 14.1. The Morgan fingerprint density at radius 3 is 2.86 bits per heavy atom. The van der Waals surface area contributed by atoms with Gasteiger partial charge in [0.1, 0.15) is 5.69 Å². The maximum Gasteiger partial charge on any atom is 0.356 e. The second-order valence-electron chi connectivity index (χ2n) is 6.43. The van der Waals surface area contributed by atoms with E-state index in [4.69, 9.17) is 9.47 Å². The molecule has 0 radical (unpaired) electrons. The van der Waals surface area contributed by atoms with Gasteiger partial charge in [-0.05, 0) is 42.1 Å². The van der Waals surface area contributed by atoms with Crippen LogP contribution < -0.4 is 4.74 Å². The van der Waals surface area contributed by atoms with E-state index in [0.29, 0.717) is 18.7 Å². The molecule has 1 aromatic carbocycles. The zero-order valence-corrected chi connectivity index (χ0v) is 16.8. The number of benzene rings is 1. The Hall–Kier alpha value is -3.19. The molecule has 148 valence electrons. The van der Waals surface area contributed by atoms with E-state index >= 15 is 0 Å². The molecule has 0 bridgehead atoms. The van der Waals surface area contributed by atoms with Gasteiger partial charge in [-0.1, -0.05) is 6.07 Å². The summed E-state index contributed by atoms with van der Waals surface area (Å²) in [5.74, 6) is -0.681. The van der Waals surface area contributed by atoms with Crippen LogP contribution in [0.4, 0.5) is 4.39 Å². The third-order valence-corrected chi connectivity index (χ3v) is 5.31. The maximum absolute atomic E-state index is 14.6. The number of thiophene rings is 1. The number of nitrogens with one attached hydrogen (secondary N) is 1. The van der Waals surface area contributed by atoms with Crippen molar-refractivity contribution in [1.29, 1.82) is 0 Å². The molecule has 4 aromatic rings. The number of nitrogens with zero attached hydrogens (tertiary/aromatic N) is 1. The summed E-state index contributed by atoms with van der Waals surface area (Å²) in [6, 6.07) is 10.4. The van der Waals surface area contributed by atoms with E-state index in [0.717, 1.165) is 27.7 Å². The van der Waals surface area contributed by atoms with E-state index in [1.807, 2.05) is 29.8 Å². The van der Waals surface area contributed by atoms with E-state index in [1.165, 1.54) is 13.2 Å². The number of rotatable bonds is 6. The Kier molecular flexibility index (Phi) is 5.31. The standard InChI is InChI=1S/C22H19FN2O3S/c1-3-28-20-11-19-15(10-17(20)23)16(21(25-19)13-7-8-29-12-13)9-14-5-4-6-18(24-14)22(26)27-2/h4-8,10-12,25H,3,9H2,1-2H3. The van der Waals surface area contributed by atoms with Gasteiger partial charge in [0.15, 0.2) is 11.6 Å². The fourth-order valence-corrected chi connectivity index (χ4v) is 3.98. The van der Waals surface area contributed by atoms with Gasteiger partial charge in [0.05, 0.1) is 24.9 Å². The van der Waals surface area contributed by atoms with E-state index in [9.17, 15) is 9.18 Å². The molecule has 7 heteroatoms. The number of fused-ring (bicyclic) bond motifs is 1. The number of hydrogen-bond donors (Lipinski definition) is 1. The number of pyridine rings is 1. The number of methoxy groups -OCH3 is 1. The molecular weight excluding hydrogens is 391 g/mol. The van der Waals surface area contributed by atoms with E-state index < -0.39 is 11.8 Å². The van der Waals surface area contributed by atoms with Crippen molar-refractivity contribution in [2.45, 2.75) is 13.3 Å². The predicted octanol–water partition coefficient (Wildman–Crippen LogP) is 5.21. The summed E-state index contributed by atoms with van der Waals surface area (Å²) in [5.41, 5.74) is 4.56. The van der Waals surface area contributed by atoms with Gasteiger partial charge in [-0.2, -0.15) is 11.3 Å². The average molecular weight is 410 g/mol. The molecule has 0 amide bonds. The molecule has 1 N–H and O–H groups in total. The lowest BCUT2D eigenvalue weighted by Crippen LogP contribution is -2.06. The summed E-state index contributed by atoms with van der Waals surface area (Å²) >= 11 is 1.59. The van der Waals surface area contributed by atoms with E-state index in [-0.39, 0.29) is 11.4 Å². The summed E-state index contributed by atoms with van der Waals surface area (Å²) in [6.45, 7) is 2.21. The molecule has 0 aliphatic heterocycles. The Balaban J connectivity index is 1.84. The molecule has 0 fully saturated rings. The van der Waals surface area contributed by atoms with Crippen molar-refractivity contribution in [3.63, 3.8) is 0 Å². The SMILES string of the molecule is CCOc1cc2[nH]c(-c3ccsc3)c(Cc3cccc(C(=O)OC)n3)c2cc1F. The van der Waals surface area contributed by atoms with Gasteiger partial charge in [-0.25, -0.2) is 14.2 Å². The largest absolute Gasteiger partial charge is 0.491 e. The van der Waals surface area contributed by atoms with Crippen LogP contribution in [0.25, 0.3) is 22.2 Å². The molecule has 3 heterocycles. The number of H-pyrrole nitrogens is 1. The molecule has 0 saturated carbocycles. The molecule has 0 spiro atoms. The van der Waals surface area contributed by atoms with Crippen molar-refractivity contribution < 1.29 is 18.7 Å². The van der Waals surface area contributed by atoms with Gasteiger partial charge >= 0.3 is 5.97 Å². The van der Waals surface area contributed by atoms with Crippen LogP contribution in [0.5, 0.6) is 5.75 Å². The van der Waals surface area contributed by atoms with Crippen molar-refractivity contribution >= 4 is 28.2 Å². The van der Waals surface area contributed by atoms with Crippen LogP contribution in [0.3, 0.4) is 0 Å². The van der Waals surface area contributed by atoms with Gasteiger partial charge in [0.25, 0.3) is 0 Å². The number of halogens is 1. The Morgan fingerprint density at radius 1 is 1.28 bits per heavy atom. The lowest BCUT2D eigenvalue weighted by molar-refractivity contribution is 0.0593. The monoisotopic (exact) mass is 410 g/mol. The van der Waals surface area contributed by atoms with Crippen molar-refractivity contribution in [3.8, 4) is 17.0 Å². The summed E-state index contributed by atoms with van der Waals surface area (Å²) in [7, 11) is 1.32. The highest BCUT2D eigenvalue weighted by Crippen LogP contribution is 2.35. The summed E-state index contributed by atoms with van der Waals surface area (Å²) in [6.07, 6.45) is 0.434. The number of aromatic amines is 1. The molecule has 0 unspecified atom stereocenters. The first-order valence-corrected chi connectivity index (χ1v) is 10.1. The van der Waals surface area contributed by atoms with E-state index in [2.05, 4.69) is 9.97 Å². The van der Waals surface area contributed by atoms with Crippen molar-refractivity contribution in [2.24, 2.45) is 0 Å². The Morgan fingerprint density at radius 2 is 2.14 bits per heavy atom. The molecule has 4 rings (SSSR count). The smallest absolute Gasteiger partial charge is 0.356 e. The molecular formula is C22H19FN2O3S. The fourth-order valence-electron chi connectivity index (χ4n) is 3.33. The van der Waals surface area contributed by atoms with Gasteiger partial charge < -0.3 is 14.5 Å². The number of hydrogen-bond acceptors (Lipinski definition) is 5. The summed E-state index contributed by atoms with van der Waals surface area (Å²) in [5, 5.41) is 4.79. The average Bonchev–Trinajstić information content (AvgIpc) is 3.37. The number of ether oxygens (including phenoxy) is 2. The maximum atomic E-state index is 14.6. The van der Waals surface area contributed by atoms with Crippen LogP contribution in [0, 0.1) is 5.82 Å². The molecule has 3 aromatic heterocycles. The number of carbonyl (C=O) groups excluding carboxylic acids is 1. The van der Waals surface area contributed by atoms with E-state index in [1.54, 1.807) is 29.5 Å². The predicted molar refractivity (Wildman–Crippen MR) is 111 cm³/mol. The van der Waals surface area contributed by atoms with Crippen LogP contribution in [0.15, 0.2) is 47.2 Å². The van der Waals surface area contributed by atoms with Crippen LogP contribution in [-0.2, 0) is 11.2 Å². The zero-order valence-electron chi connectivity index (χ0n) is 16.0. The van der Waals surface area contributed by atoms with Crippen LogP contribution in [0.1, 0.15) is 28.7 Å². The van der Waals surface area contributed by atoms with Crippen LogP contribution in [-0.4, -0.2) is 29.7 Å². The van der Waals surface area contributed by atoms with Gasteiger partial charge in [0.2, 0.25) is 0 Å². The highest BCUT2D eigenvalue weighted by atomic mass is 32.1. The molecule has 29 heavy (non-hydrogen) atoms. The third-order valence-electron chi connectivity index (χ3n) is 4.63.